The molecule has 0 bridgehead atoms. The van der Waals surface area contributed by atoms with Crippen LogP contribution in [-0.2, 0) is 9.59 Å². The van der Waals surface area contributed by atoms with Gasteiger partial charge in [0.05, 0.1) is 34.5 Å². The van der Waals surface area contributed by atoms with Crippen molar-refractivity contribution in [1.29, 1.82) is 0 Å². The summed E-state index contributed by atoms with van der Waals surface area (Å²) < 4.78 is 6.13. The van der Waals surface area contributed by atoms with E-state index in [2.05, 4.69) is 15.3 Å². The SMILES string of the molecule is CC1(C)CC(=O)N([C@H](c2cccnc2)[C@H]2C[C@]2(C)C(=O)NC2CC(C)(C)Oc3c(Cl)cc(Cl)cc32)C(N)=N1. The fraction of sp³-hybridized carbons (Fsp3) is 0.500. The first-order chi connectivity index (χ1) is 17.7. The maximum atomic E-state index is 13.9. The van der Waals surface area contributed by atoms with Crippen molar-refractivity contribution in [3.8, 4) is 5.75 Å². The van der Waals surface area contributed by atoms with Gasteiger partial charge in [-0.05, 0) is 63.8 Å². The number of nitrogens with two attached hydrogens (primary N) is 1. The molecule has 8 nitrogen and oxygen atoms in total. The van der Waals surface area contributed by atoms with Crippen LogP contribution in [0.4, 0.5) is 0 Å². The lowest BCUT2D eigenvalue weighted by atomic mass is 9.88. The normalized spacial score (nSPS) is 28.0. The number of carbonyl (C=O) groups excluding carboxylic acids is 2. The van der Waals surface area contributed by atoms with Crippen LogP contribution in [0, 0.1) is 11.3 Å². The Balaban J connectivity index is 1.45. The van der Waals surface area contributed by atoms with Crippen LogP contribution in [-0.4, -0.2) is 38.8 Å². The topological polar surface area (TPSA) is 110 Å². The Hall–Kier alpha value is -2.84. The van der Waals surface area contributed by atoms with E-state index in [1.807, 2.05) is 46.8 Å². The Labute approximate surface area is 232 Å². The van der Waals surface area contributed by atoms with Gasteiger partial charge >= 0.3 is 0 Å². The number of ether oxygens (including phenoxy) is 1. The van der Waals surface area contributed by atoms with E-state index in [4.69, 9.17) is 33.7 Å². The quantitative estimate of drug-likeness (QED) is 0.524. The lowest BCUT2D eigenvalue weighted by molar-refractivity contribution is -0.133. The van der Waals surface area contributed by atoms with Crippen molar-refractivity contribution in [2.75, 3.05) is 0 Å². The molecule has 10 heteroatoms. The third-order valence-electron chi connectivity index (χ3n) is 7.81. The van der Waals surface area contributed by atoms with Gasteiger partial charge in [0.1, 0.15) is 11.4 Å². The van der Waals surface area contributed by atoms with Crippen LogP contribution < -0.4 is 15.8 Å². The number of rotatable bonds is 5. The zero-order valence-corrected chi connectivity index (χ0v) is 23.7. The van der Waals surface area contributed by atoms with Crippen LogP contribution in [0.15, 0.2) is 41.7 Å². The van der Waals surface area contributed by atoms with Gasteiger partial charge < -0.3 is 15.8 Å². The second kappa shape index (κ2) is 9.12. The number of guanidine groups is 1. The Morgan fingerprint density at radius 3 is 2.61 bits per heavy atom. The molecule has 2 aromatic rings. The van der Waals surface area contributed by atoms with Crippen molar-refractivity contribution in [3.63, 3.8) is 0 Å². The number of nitrogens with zero attached hydrogens (tertiary/aromatic N) is 3. The highest BCUT2D eigenvalue weighted by molar-refractivity contribution is 6.35. The summed E-state index contributed by atoms with van der Waals surface area (Å²) in [5.74, 6) is 0.297. The summed E-state index contributed by atoms with van der Waals surface area (Å²) in [4.78, 5) is 37.6. The zero-order valence-electron chi connectivity index (χ0n) is 22.2. The first-order valence-electron chi connectivity index (χ1n) is 12.8. The molecular weight excluding hydrogens is 525 g/mol. The Morgan fingerprint density at radius 1 is 1.21 bits per heavy atom. The van der Waals surface area contributed by atoms with Gasteiger partial charge in [0, 0.05) is 29.4 Å². The molecule has 1 aromatic carbocycles. The summed E-state index contributed by atoms with van der Waals surface area (Å²) in [5.41, 5.74) is 6.09. The smallest absolute Gasteiger partial charge is 0.232 e. The zero-order chi connectivity index (χ0) is 27.6. The number of aliphatic imine (C=N–C) groups is 1. The fourth-order valence-corrected chi connectivity index (χ4v) is 6.38. The molecule has 3 aliphatic rings. The van der Waals surface area contributed by atoms with Crippen LogP contribution in [0.3, 0.4) is 0 Å². The summed E-state index contributed by atoms with van der Waals surface area (Å²) in [6.07, 6.45) is 4.76. The summed E-state index contributed by atoms with van der Waals surface area (Å²) >= 11 is 12.8. The molecular formula is C28H33Cl2N5O3. The number of fused-ring (bicyclic) bond motifs is 1. The number of aromatic nitrogens is 1. The molecule has 1 aromatic heterocycles. The molecule has 0 radical (unpaired) electrons. The summed E-state index contributed by atoms with van der Waals surface area (Å²) in [7, 11) is 0. The monoisotopic (exact) mass is 557 g/mol. The van der Waals surface area contributed by atoms with Crippen molar-refractivity contribution in [3.05, 3.63) is 57.8 Å². The fourth-order valence-electron chi connectivity index (χ4n) is 5.83. The van der Waals surface area contributed by atoms with Gasteiger partial charge in [-0.2, -0.15) is 0 Å². The second-order valence-corrected chi connectivity index (χ2v) is 12.9. The van der Waals surface area contributed by atoms with Gasteiger partial charge in [-0.25, -0.2) is 4.99 Å². The highest BCUT2D eigenvalue weighted by atomic mass is 35.5. The molecule has 5 rings (SSSR count). The van der Waals surface area contributed by atoms with Crippen molar-refractivity contribution < 1.29 is 14.3 Å². The van der Waals surface area contributed by atoms with E-state index < -0.39 is 22.6 Å². The number of halogens is 2. The standard InChI is InChI=1S/C28H33Cl2N5O3/c1-26(2)13-21(36)35(25(31)34-26)22(15-7-6-8-32-14-15)18-11-28(18,5)24(37)33-20-12-27(3,4)38-23-17(20)9-16(29)10-19(23)30/h6-10,14,18,20,22H,11-13H2,1-5H3,(H2,31,34)(H,33,37)/t18-,20?,22-,28+/m1/s1. The number of amides is 2. The summed E-state index contributed by atoms with van der Waals surface area (Å²) in [6, 6.07) is 6.37. The van der Waals surface area contributed by atoms with Gasteiger partial charge in [0.2, 0.25) is 11.8 Å². The molecule has 3 N–H and O–H groups in total. The Kier molecular flexibility index (Phi) is 6.42. The summed E-state index contributed by atoms with van der Waals surface area (Å²) in [6.45, 7) is 9.62. The third-order valence-corrected chi connectivity index (χ3v) is 8.31. The number of hydrogen-bond acceptors (Lipinski definition) is 6. The highest BCUT2D eigenvalue weighted by Crippen LogP contribution is 2.61. The number of carbonyl (C=O) groups is 2. The van der Waals surface area contributed by atoms with Crippen LogP contribution in [0.1, 0.15) is 77.1 Å². The lowest BCUT2D eigenvalue weighted by Gasteiger charge is -2.39. The van der Waals surface area contributed by atoms with E-state index in [9.17, 15) is 9.59 Å². The second-order valence-electron chi connectivity index (χ2n) is 12.1. The number of pyridine rings is 1. The molecule has 4 atom stereocenters. The van der Waals surface area contributed by atoms with Crippen molar-refractivity contribution in [2.45, 2.75) is 77.1 Å². The van der Waals surface area contributed by atoms with Crippen LogP contribution in [0.5, 0.6) is 5.75 Å². The molecule has 2 aliphatic heterocycles. The molecule has 1 saturated carbocycles. The number of benzene rings is 1. The molecule has 0 spiro atoms. The molecule has 1 unspecified atom stereocenters. The molecule has 1 aliphatic carbocycles. The third kappa shape index (κ3) is 4.84. The predicted octanol–water partition coefficient (Wildman–Crippen LogP) is 5.20. The van der Waals surface area contributed by atoms with Gasteiger partial charge in [0.25, 0.3) is 0 Å². The van der Waals surface area contributed by atoms with Gasteiger partial charge in [-0.1, -0.05) is 36.2 Å². The minimum absolute atomic E-state index is 0.110. The molecule has 202 valence electrons. The van der Waals surface area contributed by atoms with Crippen LogP contribution >= 0.6 is 23.2 Å². The average Bonchev–Trinajstić information content (AvgIpc) is 3.48. The maximum absolute atomic E-state index is 13.9. The van der Waals surface area contributed by atoms with Crippen LogP contribution in [0.2, 0.25) is 10.0 Å². The highest BCUT2D eigenvalue weighted by Gasteiger charge is 2.62. The first kappa shape index (κ1) is 26.8. The predicted molar refractivity (Wildman–Crippen MR) is 147 cm³/mol. The van der Waals surface area contributed by atoms with Crippen molar-refractivity contribution >= 4 is 41.0 Å². The molecule has 1 fully saturated rings. The molecule has 2 amide bonds. The largest absolute Gasteiger partial charge is 0.486 e. The maximum Gasteiger partial charge on any atom is 0.232 e. The van der Waals surface area contributed by atoms with Gasteiger partial charge in [-0.3, -0.25) is 19.5 Å². The van der Waals surface area contributed by atoms with E-state index >= 15 is 0 Å². The van der Waals surface area contributed by atoms with E-state index in [1.54, 1.807) is 29.4 Å². The van der Waals surface area contributed by atoms with E-state index in [-0.39, 0.29) is 36.2 Å². The van der Waals surface area contributed by atoms with Crippen molar-refractivity contribution in [2.24, 2.45) is 22.1 Å². The number of nitrogens with one attached hydrogen (secondary N) is 1. The summed E-state index contributed by atoms with van der Waals surface area (Å²) in [5, 5.41) is 4.13. The van der Waals surface area contributed by atoms with E-state index in [0.717, 1.165) is 11.1 Å². The van der Waals surface area contributed by atoms with E-state index in [0.29, 0.717) is 28.6 Å². The minimum atomic E-state index is -0.737. The molecule has 0 saturated heterocycles. The minimum Gasteiger partial charge on any atom is -0.486 e. The number of hydrogen-bond donors (Lipinski definition) is 2. The Morgan fingerprint density at radius 2 is 1.95 bits per heavy atom. The lowest BCUT2D eigenvalue weighted by Crippen LogP contribution is -2.52. The Bertz CT molecular complexity index is 1330. The van der Waals surface area contributed by atoms with E-state index in [1.165, 1.54) is 0 Å². The van der Waals surface area contributed by atoms with Crippen molar-refractivity contribution in [1.82, 2.24) is 15.2 Å². The molecule has 3 heterocycles. The van der Waals surface area contributed by atoms with Gasteiger partial charge in [-0.15, -0.1) is 0 Å². The van der Waals surface area contributed by atoms with Crippen LogP contribution in [0.25, 0.3) is 0 Å². The van der Waals surface area contributed by atoms with Gasteiger partial charge in [0.15, 0.2) is 5.96 Å². The first-order valence-corrected chi connectivity index (χ1v) is 13.5. The average molecular weight is 559 g/mol. The molecule has 38 heavy (non-hydrogen) atoms.